The number of nitrogens with zero attached hydrogens (tertiary/aromatic N) is 1. The Kier molecular flexibility index (Phi) is 4.35. The normalized spacial score (nSPS) is 28.8. The molecule has 1 rings (SSSR count). The van der Waals surface area contributed by atoms with Crippen LogP contribution in [0.3, 0.4) is 0 Å². The molecule has 82 valence electrons. The first-order valence-electron chi connectivity index (χ1n) is 5.32. The van der Waals surface area contributed by atoms with Crippen LogP contribution in [0.25, 0.3) is 0 Å². The SMILES string of the molecule is CNC(=O)CCN1CCC(N)C(C)C1. The maximum Gasteiger partial charge on any atom is 0.221 e. The van der Waals surface area contributed by atoms with Crippen LogP contribution in [0.5, 0.6) is 0 Å². The predicted molar refractivity (Wildman–Crippen MR) is 56.9 cm³/mol. The summed E-state index contributed by atoms with van der Waals surface area (Å²) in [6.45, 7) is 5.09. The van der Waals surface area contributed by atoms with Gasteiger partial charge in [-0.25, -0.2) is 0 Å². The molecule has 1 aliphatic rings. The van der Waals surface area contributed by atoms with Crippen LogP contribution < -0.4 is 11.1 Å². The summed E-state index contributed by atoms with van der Waals surface area (Å²) in [6.07, 6.45) is 1.65. The zero-order chi connectivity index (χ0) is 10.6. The average molecular weight is 199 g/mol. The average Bonchev–Trinajstić information content (AvgIpc) is 2.19. The first-order chi connectivity index (χ1) is 6.63. The number of piperidine rings is 1. The van der Waals surface area contributed by atoms with Crippen LogP contribution in [0, 0.1) is 5.92 Å². The Hall–Kier alpha value is -0.610. The molecule has 1 amide bonds. The van der Waals surface area contributed by atoms with Crippen LogP contribution in [0.15, 0.2) is 0 Å². The van der Waals surface area contributed by atoms with E-state index in [4.69, 9.17) is 5.73 Å². The molecule has 0 saturated carbocycles. The van der Waals surface area contributed by atoms with Crippen molar-refractivity contribution in [3.05, 3.63) is 0 Å². The molecule has 4 nitrogen and oxygen atoms in total. The largest absolute Gasteiger partial charge is 0.359 e. The van der Waals surface area contributed by atoms with E-state index in [9.17, 15) is 4.79 Å². The molecule has 3 N–H and O–H groups in total. The van der Waals surface area contributed by atoms with Crippen molar-refractivity contribution in [2.45, 2.75) is 25.8 Å². The van der Waals surface area contributed by atoms with Gasteiger partial charge in [-0.05, 0) is 18.9 Å². The second kappa shape index (κ2) is 5.32. The number of carbonyl (C=O) groups excluding carboxylic acids is 1. The molecule has 1 heterocycles. The number of carbonyl (C=O) groups is 1. The van der Waals surface area contributed by atoms with Gasteiger partial charge in [0.05, 0.1) is 0 Å². The molecule has 14 heavy (non-hydrogen) atoms. The summed E-state index contributed by atoms with van der Waals surface area (Å²) in [5.41, 5.74) is 5.92. The van der Waals surface area contributed by atoms with Crippen molar-refractivity contribution in [3.8, 4) is 0 Å². The zero-order valence-electron chi connectivity index (χ0n) is 9.12. The molecular weight excluding hydrogens is 178 g/mol. The topological polar surface area (TPSA) is 58.4 Å². The van der Waals surface area contributed by atoms with Crippen LogP contribution >= 0.6 is 0 Å². The highest BCUT2D eigenvalue weighted by molar-refractivity contribution is 5.75. The quantitative estimate of drug-likeness (QED) is 0.661. The molecule has 4 heteroatoms. The molecule has 1 fully saturated rings. The summed E-state index contributed by atoms with van der Waals surface area (Å²) in [5, 5.41) is 2.63. The van der Waals surface area contributed by atoms with E-state index in [0.717, 1.165) is 26.1 Å². The molecule has 2 atom stereocenters. The van der Waals surface area contributed by atoms with E-state index in [2.05, 4.69) is 17.1 Å². The summed E-state index contributed by atoms with van der Waals surface area (Å²) < 4.78 is 0. The molecule has 0 aliphatic carbocycles. The predicted octanol–water partition coefficient (Wildman–Crippen LogP) is -0.208. The van der Waals surface area contributed by atoms with Crippen LogP contribution in [0.2, 0.25) is 0 Å². The van der Waals surface area contributed by atoms with Crippen LogP contribution in [0.4, 0.5) is 0 Å². The fourth-order valence-electron chi connectivity index (χ4n) is 1.84. The van der Waals surface area contributed by atoms with Crippen molar-refractivity contribution in [3.63, 3.8) is 0 Å². The number of nitrogens with one attached hydrogen (secondary N) is 1. The number of rotatable bonds is 3. The molecule has 0 bridgehead atoms. The summed E-state index contributed by atoms with van der Waals surface area (Å²) in [4.78, 5) is 13.4. The van der Waals surface area contributed by atoms with E-state index in [1.54, 1.807) is 7.05 Å². The lowest BCUT2D eigenvalue weighted by Gasteiger charge is -2.34. The number of hydrogen-bond acceptors (Lipinski definition) is 3. The smallest absolute Gasteiger partial charge is 0.221 e. The van der Waals surface area contributed by atoms with Crippen molar-refractivity contribution >= 4 is 5.91 Å². The Bertz CT molecular complexity index is 196. The van der Waals surface area contributed by atoms with E-state index in [-0.39, 0.29) is 5.91 Å². The molecule has 1 aliphatic heterocycles. The molecule has 0 aromatic heterocycles. The zero-order valence-corrected chi connectivity index (χ0v) is 9.12. The van der Waals surface area contributed by atoms with Gasteiger partial charge in [-0.1, -0.05) is 6.92 Å². The highest BCUT2D eigenvalue weighted by atomic mass is 16.1. The third-order valence-electron chi connectivity index (χ3n) is 2.99. The number of nitrogens with two attached hydrogens (primary N) is 1. The van der Waals surface area contributed by atoms with Crippen molar-refractivity contribution in [1.29, 1.82) is 0 Å². The van der Waals surface area contributed by atoms with Crippen molar-refractivity contribution in [2.75, 3.05) is 26.7 Å². The van der Waals surface area contributed by atoms with Gasteiger partial charge in [0, 0.05) is 32.6 Å². The van der Waals surface area contributed by atoms with Gasteiger partial charge in [0.1, 0.15) is 0 Å². The fraction of sp³-hybridized carbons (Fsp3) is 0.900. The minimum absolute atomic E-state index is 0.118. The molecule has 0 radical (unpaired) electrons. The Morgan fingerprint density at radius 2 is 2.36 bits per heavy atom. The molecule has 0 aromatic carbocycles. The number of amides is 1. The lowest BCUT2D eigenvalue weighted by molar-refractivity contribution is -0.121. The molecular formula is C10H21N3O. The maximum atomic E-state index is 11.0. The number of likely N-dealkylation sites (tertiary alicyclic amines) is 1. The first-order valence-corrected chi connectivity index (χ1v) is 5.32. The van der Waals surface area contributed by atoms with Crippen LogP contribution in [-0.4, -0.2) is 43.5 Å². The highest BCUT2D eigenvalue weighted by Gasteiger charge is 2.22. The molecule has 2 unspecified atom stereocenters. The second-order valence-electron chi connectivity index (χ2n) is 4.15. The Morgan fingerprint density at radius 1 is 1.64 bits per heavy atom. The lowest BCUT2D eigenvalue weighted by atomic mass is 9.95. The third-order valence-corrected chi connectivity index (χ3v) is 2.99. The summed E-state index contributed by atoms with van der Waals surface area (Å²) >= 11 is 0. The van der Waals surface area contributed by atoms with Crippen molar-refractivity contribution in [1.82, 2.24) is 10.2 Å². The van der Waals surface area contributed by atoms with Gasteiger partial charge >= 0.3 is 0 Å². The van der Waals surface area contributed by atoms with Gasteiger partial charge in [0.15, 0.2) is 0 Å². The summed E-state index contributed by atoms with van der Waals surface area (Å²) in [7, 11) is 1.68. The molecule has 0 aromatic rings. The second-order valence-corrected chi connectivity index (χ2v) is 4.15. The van der Waals surface area contributed by atoms with Gasteiger partial charge in [-0.15, -0.1) is 0 Å². The fourth-order valence-corrected chi connectivity index (χ4v) is 1.84. The van der Waals surface area contributed by atoms with E-state index in [1.807, 2.05) is 0 Å². The Balaban J connectivity index is 2.23. The highest BCUT2D eigenvalue weighted by Crippen LogP contribution is 2.14. The first kappa shape index (κ1) is 11.5. The maximum absolute atomic E-state index is 11.0. The van der Waals surface area contributed by atoms with Crippen molar-refractivity contribution in [2.24, 2.45) is 11.7 Å². The van der Waals surface area contributed by atoms with Gasteiger partial charge in [-0.2, -0.15) is 0 Å². The third kappa shape index (κ3) is 3.27. The van der Waals surface area contributed by atoms with E-state index in [1.165, 1.54) is 0 Å². The van der Waals surface area contributed by atoms with E-state index in [0.29, 0.717) is 18.4 Å². The van der Waals surface area contributed by atoms with E-state index >= 15 is 0 Å². The molecule has 0 spiro atoms. The van der Waals surface area contributed by atoms with Gasteiger partial charge < -0.3 is 16.0 Å². The summed E-state index contributed by atoms with van der Waals surface area (Å²) in [5.74, 6) is 0.668. The van der Waals surface area contributed by atoms with E-state index < -0.39 is 0 Å². The lowest BCUT2D eigenvalue weighted by Crippen LogP contribution is -2.46. The van der Waals surface area contributed by atoms with Crippen LogP contribution in [0.1, 0.15) is 19.8 Å². The monoisotopic (exact) mass is 199 g/mol. The Labute approximate surface area is 85.8 Å². The van der Waals surface area contributed by atoms with Crippen molar-refractivity contribution < 1.29 is 4.79 Å². The Morgan fingerprint density at radius 3 is 2.93 bits per heavy atom. The van der Waals surface area contributed by atoms with Gasteiger partial charge in [0.2, 0.25) is 5.91 Å². The van der Waals surface area contributed by atoms with Gasteiger partial charge in [-0.3, -0.25) is 4.79 Å². The number of hydrogen-bond donors (Lipinski definition) is 2. The minimum Gasteiger partial charge on any atom is -0.359 e. The molecule has 1 saturated heterocycles. The standard InChI is InChI=1S/C10H21N3O/c1-8-7-13(5-3-9(8)11)6-4-10(14)12-2/h8-9H,3-7,11H2,1-2H3,(H,12,14). The van der Waals surface area contributed by atoms with Gasteiger partial charge in [0.25, 0.3) is 0 Å². The summed E-state index contributed by atoms with van der Waals surface area (Å²) in [6, 6.07) is 0.339. The van der Waals surface area contributed by atoms with Crippen LogP contribution in [-0.2, 0) is 4.79 Å². The minimum atomic E-state index is 0.118.